The molecule has 0 aliphatic heterocycles. The second-order valence-electron chi connectivity index (χ2n) is 5.12. The van der Waals surface area contributed by atoms with Crippen LogP contribution in [0.1, 0.15) is 35.0 Å². The van der Waals surface area contributed by atoms with Crippen LogP contribution in [0.2, 0.25) is 0 Å². The van der Waals surface area contributed by atoms with Crippen LogP contribution in [0.15, 0.2) is 24.4 Å². The number of aromatic nitrogens is 2. The minimum atomic E-state index is -0.329. The van der Waals surface area contributed by atoms with Crippen molar-refractivity contribution in [2.45, 2.75) is 19.9 Å². The summed E-state index contributed by atoms with van der Waals surface area (Å²) in [6.45, 7) is 4.53. The van der Waals surface area contributed by atoms with E-state index in [1.165, 1.54) is 0 Å². The number of rotatable bonds is 6. The maximum absolute atomic E-state index is 12.2. The molecule has 2 amide bonds. The SMILES string of the molecule is COCCNC(=O)c1nc(C(=O)NC(C)C)n2ccccc12. The first-order valence-corrected chi connectivity index (χ1v) is 7.09. The van der Waals surface area contributed by atoms with Gasteiger partial charge in [-0.1, -0.05) is 6.07 Å². The van der Waals surface area contributed by atoms with Crippen molar-refractivity contribution < 1.29 is 14.3 Å². The number of hydrogen-bond donors (Lipinski definition) is 2. The van der Waals surface area contributed by atoms with Gasteiger partial charge in [0.1, 0.15) is 0 Å². The number of nitrogens with zero attached hydrogens (tertiary/aromatic N) is 2. The Bertz CT molecular complexity index is 678. The van der Waals surface area contributed by atoms with Crippen molar-refractivity contribution in [3.05, 3.63) is 35.9 Å². The van der Waals surface area contributed by atoms with E-state index in [9.17, 15) is 9.59 Å². The summed E-state index contributed by atoms with van der Waals surface area (Å²) in [4.78, 5) is 28.7. The minimum absolute atomic E-state index is 0.0115. The molecule has 0 fully saturated rings. The number of methoxy groups -OCH3 is 1. The third-order valence-electron chi connectivity index (χ3n) is 2.98. The lowest BCUT2D eigenvalue weighted by Gasteiger charge is -2.06. The highest BCUT2D eigenvalue weighted by Crippen LogP contribution is 2.13. The van der Waals surface area contributed by atoms with Gasteiger partial charge >= 0.3 is 0 Å². The number of ether oxygens (including phenoxy) is 1. The Balaban J connectivity index is 2.35. The van der Waals surface area contributed by atoms with Gasteiger partial charge in [0.25, 0.3) is 11.8 Å². The van der Waals surface area contributed by atoms with E-state index in [-0.39, 0.29) is 29.4 Å². The molecule has 2 heterocycles. The molecule has 0 atom stereocenters. The Hall–Kier alpha value is -2.41. The van der Waals surface area contributed by atoms with Crippen molar-refractivity contribution >= 4 is 17.3 Å². The molecule has 0 aliphatic carbocycles. The molecule has 2 N–H and O–H groups in total. The van der Waals surface area contributed by atoms with E-state index >= 15 is 0 Å². The predicted octanol–water partition coefficient (Wildman–Crippen LogP) is 0.849. The zero-order valence-corrected chi connectivity index (χ0v) is 12.9. The van der Waals surface area contributed by atoms with Crippen molar-refractivity contribution in [3.63, 3.8) is 0 Å². The fourth-order valence-electron chi connectivity index (χ4n) is 2.04. The summed E-state index contributed by atoms with van der Waals surface area (Å²) < 4.78 is 6.51. The van der Waals surface area contributed by atoms with Crippen molar-refractivity contribution in [2.24, 2.45) is 0 Å². The van der Waals surface area contributed by atoms with E-state index in [1.807, 2.05) is 13.8 Å². The number of carbonyl (C=O) groups excluding carboxylic acids is 2. The zero-order valence-electron chi connectivity index (χ0n) is 12.9. The van der Waals surface area contributed by atoms with Gasteiger partial charge in [0.15, 0.2) is 5.69 Å². The van der Waals surface area contributed by atoms with Gasteiger partial charge in [-0.15, -0.1) is 0 Å². The van der Waals surface area contributed by atoms with Crippen LogP contribution in [-0.4, -0.2) is 47.5 Å². The van der Waals surface area contributed by atoms with Gasteiger partial charge in [0.2, 0.25) is 5.82 Å². The topological polar surface area (TPSA) is 84.7 Å². The Morgan fingerprint density at radius 2 is 2.09 bits per heavy atom. The third-order valence-corrected chi connectivity index (χ3v) is 2.98. The molecule has 0 saturated carbocycles. The van der Waals surface area contributed by atoms with E-state index in [0.717, 1.165) is 0 Å². The summed E-state index contributed by atoms with van der Waals surface area (Å²) in [6.07, 6.45) is 1.71. The summed E-state index contributed by atoms with van der Waals surface area (Å²) in [6, 6.07) is 5.33. The fourth-order valence-corrected chi connectivity index (χ4v) is 2.04. The molecule has 22 heavy (non-hydrogen) atoms. The second-order valence-corrected chi connectivity index (χ2v) is 5.12. The Labute approximate surface area is 128 Å². The van der Waals surface area contributed by atoms with Crippen molar-refractivity contribution in [2.75, 3.05) is 20.3 Å². The van der Waals surface area contributed by atoms with Gasteiger partial charge in [-0.3, -0.25) is 14.0 Å². The lowest BCUT2D eigenvalue weighted by atomic mass is 10.3. The lowest BCUT2D eigenvalue weighted by molar-refractivity contribution is 0.0931. The zero-order chi connectivity index (χ0) is 16.1. The van der Waals surface area contributed by atoms with Crippen LogP contribution in [0.4, 0.5) is 0 Å². The van der Waals surface area contributed by atoms with E-state index in [0.29, 0.717) is 18.7 Å². The van der Waals surface area contributed by atoms with E-state index in [2.05, 4.69) is 15.6 Å². The number of pyridine rings is 1. The summed E-state index contributed by atoms with van der Waals surface area (Å²) in [7, 11) is 1.56. The molecule has 2 aromatic heterocycles. The molecule has 0 bridgehead atoms. The standard InChI is InChI=1S/C15H20N4O3/c1-10(2)17-15(21)13-18-12(14(20)16-7-9-22-3)11-6-4-5-8-19(11)13/h4-6,8,10H,7,9H2,1-3H3,(H,16,20)(H,17,21). The first kappa shape index (κ1) is 16.0. The van der Waals surface area contributed by atoms with Crippen LogP contribution in [-0.2, 0) is 4.74 Å². The molecule has 7 heteroatoms. The van der Waals surface area contributed by atoms with Crippen LogP contribution < -0.4 is 10.6 Å². The average Bonchev–Trinajstić information content (AvgIpc) is 2.86. The van der Waals surface area contributed by atoms with Crippen LogP contribution in [0.3, 0.4) is 0 Å². The molecule has 0 aliphatic rings. The average molecular weight is 304 g/mol. The van der Waals surface area contributed by atoms with Crippen molar-refractivity contribution in [3.8, 4) is 0 Å². The van der Waals surface area contributed by atoms with Crippen LogP contribution in [0.5, 0.6) is 0 Å². The largest absolute Gasteiger partial charge is 0.383 e. The minimum Gasteiger partial charge on any atom is -0.383 e. The molecular formula is C15H20N4O3. The summed E-state index contributed by atoms with van der Waals surface area (Å²) in [5.74, 6) is -0.447. The quantitative estimate of drug-likeness (QED) is 0.775. The predicted molar refractivity (Wildman–Crippen MR) is 82.0 cm³/mol. The molecule has 7 nitrogen and oxygen atoms in total. The Morgan fingerprint density at radius 3 is 2.77 bits per heavy atom. The van der Waals surface area contributed by atoms with Gasteiger partial charge in [0, 0.05) is 25.9 Å². The van der Waals surface area contributed by atoms with Crippen molar-refractivity contribution in [1.82, 2.24) is 20.0 Å². The molecule has 2 rings (SSSR count). The molecule has 0 aromatic carbocycles. The van der Waals surface area contributed by atoms with Crippen molar-refractivity contribution in [1.29, 1.82) is 0 Å². The number of imidazole rings is 1. The number of nitrogens with one attached hydrogen (secondary N) is 2. The number of hydrogen-bond acceptors (Lipinski definition) is 4. The third kappa shape index (κ3) is 3.43. The Morgan fingerprint density at radius 1 is 1.32 bits per heavy atom. The lowest BCUT2D eigenvalue weighted by Crippen LogP contribution is -2.31. The summed E-state index contributed by atoms with van der Waals surface area (Å²) >= 11 is 0. The van der Waals surface area contributed by atoms with Gasteiger partial charge in [-0.2, -0.15) is 0 Å². The second kappa shape index (κ2) is 7.04. The number of amides is 2. The number of carbonyl (C=O) groups is 2. The normalized spacial score (nSPS) is 10.9. The van der Waals surface area contributed by atoms with Gasteiger partial charge in [-0.05, 0) is 26.0 Å². The summed E-state index contributed by atoms with van der Waals surface area (Å²) in [5.41, 5.74) is 0.817. The summed E-state index contributed by atoms with van der Waals surface area (Å²) in [5, 5.41) is 5.50. The number of fused-ring (bicyclic) bond motifs is 1. The monoisotopic (exact) mass is 304 g/mol. The first-order chi connectivity index (χ1) is 10.5. The highest BCUT2D eigenvalue weighted by Gasteiger charge is 2.21. The molecule has 0 spiro atoms. The first-order valence-electron chi connectivity index (χ1n) is 7.09. The van der Waals surface area contributed by atoms with Gasteiger partial charge < -0.3 is 15.4 Å². The van der Waals surface area contributed by atoms with Gasteiger partial charge in [-0.25, -0.2) is 4.98 Å². The van der Waals surface area contributed by atoms with E-state index in [4.69, 9.17) is 4.74 Å². The molecule has 0 radical (unpaired) electrons. The highest BCUT2D eigenvalue weighted by atomic mass is 16.5. The van der Waals surface area contributed by atoms with Crippen LogP contribution in [0, 0.1) is 0 Å². The van der Waals surface area contributed by atoms with E-state index < -0.39 is 0 Å². The molecule has 0 unspecified atom stereocenters. The maximum Gasteiger partial charge on any atom is 0.287 e. The molecular weight excluding hydrogens is 284 g/mol. The fraction of sp³-hybridized carbons (Fsp3) is 0.400. The van der Waals surface area contributed by atoms with Gasteiger partial charge in [0.05, 0.1) is 12.1 Å². The maximum atomic E-state index is 12.2. The molecule has 2 aromatic rings. The highest BCUT2D eigenvalue weighted by molar-refractivity contribution is 6.02. The van der Waals surface area contributed by atoms with Crippen LogP contribution in [0.25, 0.3) is 5.52 Å². The molecule has 0 saturated heterocycles. The van der Waals surface area contributed by atoms with Crippen LogP contribution >= 0.6 is 0 Å². The molecule has 118 valence electrons. The van der Waals surface area contributed by atoms with E-state index in [1.54, 1.807) is 35.9 Å². The smallest absolute Gasteiger partial charge is 0.287 e. The Kier molecular flexibility index (Phi) is 5.11.